The van der Waals surface area contributed by atoms with E-state index in [0.717, 1.165) is 19.3 Å². The van der Waals surface area contributed by atoms with Crippen LogP contribution in [0.1, 0.15) is 11.1 Å². The molecule has 1 aliphatic rings. The van der Waals surface area contributed by atoms with Crippen LogP contribution in [0.3, 0.4) is 0 Å². The van der Waals surface area contributed by atoms with Crippen molar-refractivity contribution >= 4 is 35.5 Å². The van der Waals surface area contributed by atoms with Crippen molar-refractivity contribution in [1.82, 2.24) is 9.47 Å². The molecule has 0 unspecified atom stereocenters. The van der Waals surface area contributed by atoms with E-state index in [0.29, 0.717) is 9.47 Å². The molecule has 0 aromatic carbocycles. The van der Waals surface area contributed by atoms with Gasteiger partial charge in [0.25, 0.3) is 23.1 Å². The molecule has 2 amide bonds. The smallest absolute Gasteiger partial charge is 0.325 e. The summed E-state index contributed by atoms with van der Waals surface area (Å²) in [5.74, 6) is -5.42. The number of amides is 2. The summed E-state index contributed by atoms with van der Waals surface area (Å²) in [6, 6.07) is 1.55. The third-order valence-corrected chi connectivity index (χ3v) is 5.21. The number of nitrogens with zero attached hydrogens (tertiary/aromatic N) is 4. The molecule has 0 saturated heterocycles. The molecule has 1 aromatic heterocycles. The molecule has 1 aromatic rings. The van der Waals surface area contributed by atoms with E-state index in [1.165, 1.54) is 18.2 Å². The molecule has 0 fully saturated rings. The van der Waals surface area contributed by atoms with E-state index in [9.17, 15) is 44.6 Å². The number of rotatable bonds is 9. The summed E-state index contributed by atoms with van der Waals surface area (Å²) in [6.45, 7) is 3.91. The van der Waals surface area contributed by atoms with Crippen molar-refractivity contribution in [2.45, 2.75) is 13.2 Å². The van der Waals surface area contributed by atoms with Gasteiger partial charge in [-0.1, -0.05) is 24.3 Å². The molecule has 2 rings (SSSR count). The van der Waals surface area contributed by atoms with Crippen LogP contribution in [0.4, 0.5) is 5.69 Å². The van der Waals surface area contributed by atoms with Gasteiger partial charge in [0.1, 0.15) is 24.7 Å². The topological polar surface area (TPSA) is 212 Å². The van der Waals surface area contributed by atoms with Crippen LogP contribution in [-0.2, 0) is 37.1 Å². The fraction of sp³-hybridized carbons (Fsp3) is 0.208. The quantitative estimate of drug-likeness (QED) is 0.107. The molecule has 0 aliphatic carbocycles. The van der Waals surface area contributed by atoms with E-state index in [-0.39, 0.29) is 22.3 Å². The Hall–Kier alpha value is -5.31. The van der Waals surface area contributed by atoms with Gasteiger partial charge in [0.2, 0.25) is 0 Å². The molecule has 2 heterocycles. The van der Waals surface area contributed by atoms with Gasteiger partial charge < -0.3 is 25.2 Å². The molecule has 14 nitrogen and oxygen atoms in total. The van der Waals surface area contributed by atoms with Crippen molar-refractivity contribution in [3.8, 4) is 11.9 Å². The molecule has 14 heteroatoms. The predicted molar refractivity (Wildman–Crippen MR) is 127 cm³/mol. The number of pyridine rings is 1. The standard InChI is InChI=1S/C24H20N4O10/c1-26-20-17(12-30)14(22(35)28(24(20)37)10-19(33)38-2)7-5-3-4-6-13-16(11-29)15(8-25)23(36)27(21(13)34)9-18(31)32/h3-7,29-30,37H,9-12H2,2H3,(H,31,32). The summed E-state index contributed by atoms with van der Waals surface area (Å²) in [6.07, 6.45) is 6.03. The maximum Gasteiger partial charge on any atom is 0.325 e. The molecule has 0 spiro atoms. The van der Waals surface area contributed by atoms with Crippen LogP contribution in [0.15, 0.2) is 45.8 Å². The molecule has 4 N–H and O–H groups in total. The number of allylic oxidation sites excluding steroid dienone is 4. The molecular weight excluding hydrogens is 504 g/mol. The van der Waals surface area contributed by atoms with E-state index in [1.807, 2.05) is 0 Å². The largest absolute Gasteiger partial charge is 0.503 e. The van der Waals surface area contributed by atoms with Gasteiger partial charge in [-0.2, -0.15) is 5.26 Å². The Labute approximate surface area is 214 Å². The van der Waals surface area contributed by atoms with Gasteiger partial charge in [-0.05, 0) is 6.08 Å². The Morgan fingerprint density at radius 1 is 1.11 bits per heavy atom. The maximum atomic E-state index is 12.8. The minimum Gasteiger partial charge on any atom is -0.503 e. The number of carboxylic acid groups (broad SMARTS) is 1. The zero-order valence-electron chi connectivity index (χ0n) is 19.7. The fourth-order valence-corrected chi connectivity index (χ4v) is 3.41. The average molecular weight is 524 g/mol. The number of esters is 1. The van der Waals surface area contributed by atoms with Crippen molar-refractivity contribution in [1.29, 1.82) is 5.26 Å². The van der Waals surface area contributed by atoms with Crippen molar-refractivity contribution in [3.05, 3.63) is 73.9 Å². The minimum absolute atomic E-state index is 0.207. The Bertz CT molecular complexity index is 1460. The van der Waals surface area contributed by atoms with Gasteiger partial charge >= 0.3 is 11.9 Å². The molecule has 38 heavy (non-hydrogen) atoms. The summed E-state index contributed by atoms with van der Waals surface area (Å²) in [7, 11) is 1.06. The van der Waals surface area contributed by atoms with E-state index in [4.69, 9.17) is 11.7 Å². The number of imide groups is 1. The number of aromatic hydroxyl groups is 1. The van der Waals surface area contributed by atoms with Gasteiger partial charge in [0.05, 0.1) is 26.9 Å². The molecule has 0 atom stereocenters. The Kier molecular flexibility index (Phi) is 9.58. The third kappa shape index (κ3) is 5.73. The second-order valence-electron chi connectivity index (χ2n) is 7.34. The Morgan fingerprint density at radius 2 is 1.79 bits per heavy atom. The first-order valence-electron chi connectivity index (χ1n) is 10.5. The number of aromatic nitrogens is 1. The lowest BCUT2D eigenvalue weighted by molar-refractivity contribution is -0.149. The van der Waals surface area contributed by atoms with Crippen LogP contribution < -0.4 is 5.56 Å². The summed E-state index contributed by atoms with van der Waals surface area (Å²) in [5, 5.41) is 47.8. The fourth-order valence-electron chi connectivity index (χ4n) is 3.41. The second kappa shape index (κ2) is 12.6. The summed E-state index contributed by atoms with van der Waals surface area (Å²) < 4.78 is 5.08. The van der Waals surface area contributed by atoms with Crippen LogP contribution in [0.25, 0.3) is 10.9 Å². The Morgan fingerprint density at radius 3 is 2.32 bits per heavy atom. The SMILES string of the molecule is [C-]#[N+]c1c(CO)c(C=CC=CC=C2C(=O)N(CC(=O)O)C(=O)C(C#N)=C2CO)c(=O)n(CC(=O)OC)c1O. The highest BCUT2D eigenvalue weighted by atomic mass is 16.5. The van der Waals surface area contributed by atoms with E-state index in [2.05, 4.69) is 9.58 Å². The van der Waals surface area contributed by atoms with Gasteiger partial charge in [-0.25, -0.2) is 4.85 Å². The number of hydrogen-bond donors (Lipinski definition) is 4. The predicted octanol–water partition coefficient (Wildman–Crippen LogP) is -0.468. The van der Waals surface area contributed by atoms with E-state index >= 15 is 0 Å². The molecule has 1 aliphatic heterocycles. The minimum atomic E-state index is -1.50. The van der Waals surface area contributed by atoms with Crippen molar-refractivity contribution in [2.24, 2.45) is 0 Å². The molecule has 0 saturated carbocycles. The lowest BCUT2D eigenvalue weighted by Crippen LogP contribution is -2.46. The van der Waals surface area contributed by atoms with Crippen molar-refractivity contribution < 1.29 is 44.3 Å². The van der Waals surface area contributed by atoms with Crippen LogP contribution in [-0.4, -0.2) is 73.9 Å². The number of aliphatic hydroxyl groups is 2. The first kappa shape index (κ1) is 28.9. The zero-order chi connectivity index (χ0) is 28.6. The molecule has 0 radical (unpaired) electrons. The zero-order valence-corrected chi connectivity index (χ0v) is 19.7. The van der Waals surface area contributed by atoms with Gasteiger partial charge in [0.15, 0.2) is 5.88 Å². The maximum absolute atomic E-state index is 12.8. The number of aliphatic hydroxyl groups excluding tert-OH is 2. The van der Waals surface area contributed by atoms with Gasteiger partial charge in [-0.3, -0.25) is 33.4 Å². The highest BCUT2D eigenvalue weighted by Crippen LogP contribution is 2.32. The number of hydrogen-bond acceptors (Lipinski definition) is 10. The molecule has 196 valence electrons. The van der Waals surface area contributed by atoms with E-state index < -0.39 is 72.8 Å². The second-order valence-corrected chi connectivity index (χ2v) is 7.34. The van der Waals surface area contributed by atoms with Crippen molar-refractivity contribution in [3.63, 3.8) is 0 Å². The lowest BCUT2D eigenvalue weighted by Gasteiger charge is -2.26. The number of nitriles is 1. The first-order chi connectivity index (χ1) is 18.1. The number of carbonyl (C=O) groups is 4. The first-order valence-corrected chi connectivity index (χ1v) is 10.5. The third-order valence-electron chi connectivity index (χ3n) is 5.21. The molecular formula is C24H20N4O10. The summed E-state index contributed by atoms with van der Waals surface area (Å²) >= 11 is 0. The number of carbonyl (C=O) groups excluding carboxylic acids is 3. The highest BCUT2D eigenvalue weighted by Gasteiger charge is 2.37. The number of methoxy groups -OCH3 is 1. The summed E-state index contributed by atoms with van der Waals surface area (Å²) in [4.78, 5) is 64.0. The van der Waals surface area contributed by atoms with Gasteiger partial charge in [0, 0.05) is 22.3 Å². The lowest BCUT2D eigenvalue weighted by atomic mass is 9.94. The number of ether oxygens (including phenoxy) is 1. The van der Waals surface area contributed by atoms with Gasteiger partial charge in [-0.15, -0.1) is 0 Å². The number of carboxylic acids is 1. The van der Waals surface area contributed by atoms with Crippen LogP contribution >= 0.6 is 0 Å². The molecule has 0 bridgehead atoms. The summed E-state index contributed by atoms with van der Waals surface area (Å²) in [5.41, 5.74) is -3.02. The van der Waals surface area contributed by atoms with Crippen LogP contribution in [0.5, 0.6) is 5.88 Å². The van der Waals surface area contributed by atoms with Crippen LogP contribution in [0, 0.1) is 17.9 Å². The average Bonchev–Trinajstić information content (AvgIpc) is 2.89. The van der Waals surface area contributed by atoms with Crippen molar-refractivity contribution in [2.75, 3.05) is 20.3 Å². The monoisotopic (exact) mass is 524 g/mol. The van der Waals surface area contributed by atoms with E-state index in [1.54, 1.807) is 6.07 Å². The normalized spacial score (nSPS) is 14.9. The Balaban J connectivity index is 2.55. The number of aliphatic carboxylic acids is 1. The highest BCUT2D eigenvalue weighted by molar-refractivity contribution is 6.19. The van der Waals surface area contributed by atoms with Crippen LogP contribution in [0.2, 0.25) is 0 Å².